The molecule has 1 aromatic rings. The van der Waals surface area contributed by atoms with E-state index in [9.17, 15) is 14.4 Å². The molecule has 0 aliphatic rings. The monoisotopic (exact) mass is 750 g/mol. The molecule has 0 aliphatic heterocycles. The van der Waals surface area contributed by atoms with E-state index in [1.807, 2.05) is 0 Å². The van der Waals surface area contributed by atoms with Gasteiger partial charge in [-0.1, -0.05) is 0 Å². The maximum Gasteiger partial charge on any atom is 0.307 e. The van der Waals surface area contributed by atoms with Gasteiger partial charge in [0.1, 0.15) is 0 Å². The molecule has 0 amide bonds. The molecule has 0 atom stereocenters. The highest BCUT2D eigenvalue weighted by molar-refractivity contribution is 14.1. The molecule has 6 nitrogen and oxygen atoms in total. The number of carbonyl (C=O) groups excluding carboxylic acids is 3. The SMILES string of the molecule is CC(=O)OC=CCc1c(I)c(CC=COC(C)=O)c(I)c(CC=COC(C)=O)c1I. The fourth-order valence-corrected chi connectivity index (χ4v) is 6.79. The fourth-order valence-electron chi connectivity index (χ4n) is 2.30. The van der Waals surface area contributed by atoms with Gasteiger partial charge in [0.25, 0.3) is 0 Å². The predicted molar refractivity (Wildman–Crippen MR) is 138 cm³/mol. The molecule has 0 radical (unpaired) electrons. The molecular formula is C21H21I3O6. The Hall–Kier alpha value is -0.960. The van der Waals surface area contributed by atoms with Crippen LogP contribution >= 0.6 is 67.8 Å². The van der Waals surface area contributed by atoms with Crippen LogP contribution in [0.2, 0.25) is 0 Å². The molecule has 162 valence electrons. The number of allylic oxidation sites excluding steroid dienone is 3. The van der Waals surface area contributed by atoms with Crippen molar-refractivity contribution in [1.82, 2.24) is 0 Å². The quantitative estimate of drug-likeness (QED) is 0.147. The van der Waals surface area contributed by atoms with Gasteiger partial charge >= 0.3 is 17.9 Å². The van der Waals surface area contributed by atoms with E-state index >= 15 is 0 Å². The summed E-state index contributed by atoms with van der Waals surface area (Å²) in [5, 5.41) is 0. The zero-order valence-corrected chi connectivity index (χ0v) is 23.1. The van der Waals surface area contributed by atoms with Crippen molar-refractivity contribution >= 4 is 85.7 Å². The summed E-state index contributed by atoms with van der Waals surface area (Å²) >= 11 is 6.94. The van der Waals surface area contributed by atoms with Crippen molar-refractivity contribution in [2.45, 2.75) is 40.0 Å². The average molecular weight is 750 g/mol. The molecule has 0 aromatic heterocycles. The normalized spacial score (nSPS) is 11.4. The minimum atomic E-state index is -0.370. The summed E-state index contributed by atoms with van der Waals surface area (Å²) < 4.78 is 17.9. The zero-order valence-electron chi connectivity index (χ0n) is 16.7. The first-order valence-electron chi connectivity index (χ1n) is 8.78. The second-order valence-electron chi connectivity index (χ2n) is 5.93. The molecule has 0 bridgehead atoms. The van der Waals surface area contributed by atoms with E-state index < -0.39 is 0 Å². The third kappa shape index (κ3) is 9.45. The van der Waals surface area contributed by atoms with Crippen molar-refractivity contribution < 1.29 is 28.6 Å². The Balaban J connectivity index is 3.29. The number of benzene rings is 1. The lowest BCUT2D eigenvalue weighted by atomic mass is 9.99. The van der Waals surface area contributed by atoms with E-state index in [0.717, 1.165) is 27.4 Å². The molecule has 0 unspecified atom stereocenters. The summed E-state index contributed by atoms with van der Waals surface area (Å²) in [5.74, 6) is -1.11. The van der Waals surface area contributed by atoms with Crippen LogP contribution in [-0.4, -0.2) is 17.9 Å². The van der Waals surface area contributed by atoms with Crippen LogP contribution in [0.15, 0.2) is 37.0 Å². The number of hydrogen-bond acceptors (Lipinski definition) is 6. The lowest BCUT2D eigenvalue weighted by molar-refractivity contribution is -0.136. The van der Waals surface area contributed by atoms with Gasteiger partial charge in [-0.2, -0.15) is 0 Å². The molecule has 0 aliphatic carbocycles. The van der Waals surface area contributed by atoms with Crippen molar-refractivity contribution in [3.63, 3.8) is 0 Å². The van der Waals surface area contributed by atoms with Crippen molar-refractivity contribution in [1.29, 1.82) is 0 Å². The Morgan fingerprint density at radius 1 is 0.600 bits per heavy atom. The summed E-state index contributed by atoms with van der Waals surface area (Å²) in [7, 11) is 0. The van der Waals surface area contributed by atoms with E-state index in [4.69, 9.17) is 14.2 Å². The molecule has 0 N–H and O–H groups in total. The van der Waals surface area contributed by atoms with Gasteiger partial charge in [0.2, 0.25) is 0 Å². The van der Waals surface area contributed by atoms with E-state index in [0.29, 0.717) is 19.3 Å². The van der Waals surface area contributed by atoms with Crippen molar-refractivity contribution in [2.24, 2.45) is 0 Å². The highest BCUT2D eigenvalue weighted by atomic mass is 127. The highest BCUT2D eigenvalue weighted by Crippen LogP contribution is 2.33. The summed E-state index contributed by atoms with van der Waals surface area (Å²) in [4.78, 5) is 32.9. The third-order valence-electron chi connectivity index (χ3n) is 3.55. The Morgan fingerprint density at radius 2 is 0.833 bits per heavy atom. The van der Waals surface area contributed by atoms with Crippen LogP contribution in [-0.2, 0) is 47.9 Å². The summed E-state index contributed by atoms with van der Waals surface area (Å²) in [6.07, 6.45) is 11.3. The smallest absolute Gasteiger partial charge is 0.307 e. The second kappa shape index (κ2) is 14.2. The molecule has 0 fully saturated rings. The first-order valence-corrected chi connectivity index (χ1v) is 12.0. The molecule has 0 saturated carbocycles. The summed E-state index contributed by atoms with van der Waals surface area (Å²) in [5.41, 5.74) is 3.31. The van der Waals surface area contributed by atoms with E-state index in [1.165, 1.54) is 39.6 Å². The van der Waals surface area contributed by atoms with E-state index in [2.05, 4.69) is 67.8 Å². The van der Waals surface area contributed by atoms with E-state index in [-0.39, 0.29) is 17.9 Å². The summed E-state index contributed by atoms with van der Waals surface area (Å²) in [6.45, 7) is 4.05. The zero-order chi connectivity index (χ0) is 22.7. The van der Waals surface area contributed by atoms with Gasteiger partial charge in [0, 0.05) is 31.5 Å². The molecule has 0 saturated heterocycles. The Labute approximate surface area is 216 Å². The number of hydrogen-bond donors (Lipinski definition) is 0. The van der Waals surface area contributed by atoms with Gasteiger partial charge in [0.05, 0.1) is 18.8 Å². The molecule has 1 aromatic carbocycles. The molecule has 9 heteroatoms. The number of ether oxygens (including phenoxy) is 3. The lowest BCUT2D eigenvalue weighted by Crippen LogP contribution is -2.07. The van der Waals surface area contributed by atoms with Crippen molar-refractivity contribution in [3.05, 3.63) is 64.4 Å². The maximum atomic E-state index is 11.0. The minimum Gasteiger partial charge on any atom is -0.435 e. The van der Waals surface area contributed by atoms with E-state index in [1.54, 1.807) is 18.2 Å². The lowest BCUT2D eigenvalue weighted by Gasteiger charge is -2.18. The van der Waals surface area contributed by atoms with Crippen LogP contribution in [0.1, 0.15) is 37.5 Å². The molecule has 30 heavy (non-hydrogen) atoms. The highest BCUT2D eigenvalue weighted by Gasteiger charge is 2.18. The van der Waals surface area contributed by atoms with Crippen molar-refractivity contribution in [3.8, 4) is 0 Å². The van der Waals surface area contributed by atoms with Crippen LogP contribution in [0.4, 0.5) is 0 Å². The summed E-state index contributed by atoms with van der Waals surface area (Å²) in [6, 6.07) is 0. The Kier molecular flexibility index (Phi) is 12.8. The van der Waals surface area contributed by atoms with Crippen molar-refractivity contribution in [2.75, 3.05) is 0 Å². The third-order valence-corrected chi connectivity index (χ3v) is 7.45. The number of halogens is 3. The Morgan fingerprint density at radius 3 is 1.03 bits per heavy atom. The fraction of sp³-hybridized carbons (Fsp3) is 0.286. The number of carbonyl (C=O) groups is 3. The van der Waals surface area contributed by atoms with Crippen LogP contribution in [0.5, 0.6) is 0 Å². The van der Waals surface area contributed by atoms with Crippen LogP contribution < -0.4 is 0 Å². The van der Waals surface area contributed by atoms with Gasteiger partial charge in [-0.15, -0.1) is 0 Å². The van der Waals surface area contributed by atoms with Gasteiger partial charge in [-0.05, 0) is 122 Å². The number of esters is 3. The van der Waals surface area contributed by atoms with Gasteiger partial charge in [-0.3, -0.25) is 14.4 Å². The first-order chi connectivity index (χ1) is 14.1. The number of rotatable bonds is 9. The minimum absolute atomic E-state index is 0.370. The van der Waals surface area contributed by atoms with Gasteiger partial charge in [-0.25, -0.2) is 0 Å². The second-order valence-corrected chi connectivity index (χ2v) is 9.17. The average Bonchev–Trinajstić information content (AvgIpc) is 2.65. The van der Waals surface area contributed by atoms with Crippen LogP contribution in [0.3, 0.4) is 0 Å². The first kappa shape index (κ1) is 27.1. The molecular weight excluding hydrogens is 729 g/mol. The van der Waals surface area contributed by atoms with Crippen LogP contribution in [0, 0.1) is 10.7 Å². The predicted octanol–water partition coefficient (Wildman–Crippen LogP) is 5.36. The largest absolute Gasteiger partial charge is 0.435 e. The molecule has 1 rings (SSSR count). The topological polar surface area (TPSA) is 78.9 Å². The molecule has 0 spiro atoms. The maximum absolute atomic E-state index is 11.0. The van der Waals surface area contributed by atoms with Crippen LogP contribution in [0.25, 0.3) is 0 Å². The standard InChI is InChI=1S/C21H21I3O6/c1-13(25)28-10-4-7-16-19(22)17(8-5-11-29-14(2)26)21(24)18(20(16)23)9-6-12-30-15(3)27/h4-6,10-12H,7-9H2,1-3H3. The Bertz CT molecular complexity index is 752. The van der Waals surface area contributed by atoms with Gasteiger partial charge < -0.3 is 14.2 Å². The van der Waals surface area contributed by atoms with Gasteiger partial charge in [0.15, 0.2) is 0 Å². The molecule has 0 heterocycles.